The van der Waals surface area contributed by atoms with Crippen molar-refractivity contribution in [1.29, 1.82) is 0 Å². The zero-order valence-corrected chi connectivity index (χ0v) is 18.8. The van der Waals surface area contributed by atoms with Crippen molar-refractivity contribution >= 4 is 22.7 Å². The standard InChI is InChI=1S/C25H25N5O3/c1-15-13-26-23(20-7-8-27-29-20)24-22(15)19(17-5-4-6-18(11-17)25(31)32-3)12-21(28-24)30-9-10-33-14-16(30)2/h4-8,11-13,16H,9-10,14H2,1-3H3,(H,27,29). The van der Waals surface area contributed by atoms with E-state index < -0.39 is 0 Å². The third-order valence-corrected chi connectivity index (χ3v) is 6.02. The van der Waals surface area contributed by atoms with Gasteiger partial charge in [0, 0.05) is 24.3 Å². The first-order valence-electron chi connectivity index (χ1n) is 10.9. The number of benzene rings is 1. The van der Waals surface area contributed by atoms with Crippen molar-refractivity contribution in [3.8, 4) is 22.5 Å². The molecule has 1 aromatic carbocycles. The number of hydrogen-bond donors (Lipinski definition) is 1. The monoisotopic (exact) mass is 443 g/mol. The number of hydrogen-bond acceptors (Lipinski definition) is 7. The second kappa shape index (κ2) is 8.63. The minimum atomic E-state index is -0.367. The number of methoxy groups -OCH3 is 1. The maximum absolute atomic E-state index is 12.2. The molecule has 168 valence electrons. The van der Waals surface area contributed by atoms with E-state index in [0.29, 0.717) is 18.8 Å². The third kappa shape index (κ3) is 3.82. The van der Waals surface area contributed by atoms with Gasteiger partial charge < -0.3 is 14.4 Å². The Kier molecular flexibility index (Phi) is 5.51. The molecule has 0 radical (unpaired) electrons. The topological polar surface area (TPSA) is 93.2 Å². The van der Waals surface area contributed by atoms with E-state index in [-0.39, 0.29) is 12.0 Å². The number of H-pyrrole nitrogens is 1. The number of aromatic nitrogens is 4. The van der Waals surface area contributed by atoms with Crippen LogP contribution in [-0.4, -0.2) is 59.0 Å². The number of carbonyl (C=O) groups is 1. The van der Waals surface area contributed by atoms with Crippen LogP contribution in [0.25, 0.3) is 33.4 Å². The summed E-state index contributed by atoms with van der Waals surface area (Å²) in [5.41, 5.74) is 5.73. The molecular weight excluding hydrogens is 418 g/mol. The van der Waals surface area contributed by atoms with E-state index in [0.717, 1.165) is 51.3 Å². The zero-order chi connectivity index (χ0) is 22.9. The van der Waals surface area contributed by atoms with Gasteiger partial charge in [0.2, 0.25) is 0 Å². The highest BCUT2D eigenvalue weighted by molar-refractivity contribution is 6.04. The number of morpholine rings is 1. The molecule has 4 heterocycles. The molecule has 1 aliphatic rings. The number of pyridine rings is 2. The average Bonchev–Trinajstić information content (AvgIpc) is 3.38. The molecule has 1 saturated heterocycles. The maximum Gasteiger partial charge on any atom is 0.337 e. The lowest BCUT2D eigenvalue weighted by Gasteiger charge is -2.34. The van der Waals surface area contributed by atoms with Gasteiger partial charge in [-0.05, 0) is 54.8 Å². The molecular formula is C25H25N5O3. The Morgan fingerprint density at radius 3 is 2.91 bits per heavy atom. The first-order chi connectivity index (χ1) is 16.1. The molecule has 1 fully saturated rings. The van der Waals surface area contributed by atoms with Gasteiger partial charge in [0.1, 0.15) is 17.0 Å². The van der Waals surface area contributed by atoms with E-state index >= 15 is 0 Å². The fourth-order valence-electron chi connectivity index (χ4n) is 4.35. The number of carbonyl (C=O) groups excluding carboxylic acids is 1. The van der Waals surface area contributed by atoms with Crippen molar-refractivity contribution in [2.45, 2.75) is 19.9 Å². The Hall–Kier alpha value is -3.78. The van der Waals surface area contributed by atoms with E-state index in [9.17, 15) is 4.79 Å². The Bertz CT molecular complexity index is 1320. The lowest BCUT2D eigenvalue weighted by molar-refractivity contribution is 0.0601. The molecule has 1 unspecified atom stereocenters. The van der Waals surface area contributed by atoms with Crippen LogP contribution in [0.4, 0.5) is 5.82 Å². The lowest BCUT2D eigenvalue weighted by atomic mass is 9.96. The van der Waals surface area contributed by atoms with Crippen LogP contribution in [0.2, 0.25) is 0 Å². The van der Waals surface area contributed by atoms with Gasteiger partial charge >= 0.3 is 5.97 Å². The van der Waals surface area contributed by atoms with Crippen molar-refractivity contribution in [2.75, 3.05) is 31.8 Å². The molecule has 1 atom stereocenters. The smallest absolute Gasteiger partial charge is 0.337 e. The van der Waals surface area contributed by atoms with E-state index in [1.165, 1.54) is 7.11 Å². The Balaban J connectivity index is 1.80. The molecule has 0 amide bonds. The van der Waals surface area contributed by atoms with E-state index in [1.807, 2.05) is 37.4 Å². The van der Waals surface area contributed by atoms with Crippen molar-refractivity contribution in [2.24, 2.45) is 0 Å². The van der Waals surface area contributed by atoms with Crippen molar-refractivity contribution in [3.05, 3.63) is 59.9 Å². The largest absolute Gasteiger partial charge is 0.465 e. The fourth-order valence-corrected chi connectivity index (χ4v) is 4.35. The summed E-state index contributed by atoms with van der Waals surface area (Å²) >= 11 is 0. The quantitative estimate of drug-likeness (QED) is 0.476. The highest BCUT2D eigenvalue weighted by Gasteiger charge is 2.24. The number of aryl methyl sites for hydroxylation is 1. The normalized spacial score (nSPS) is 16.2. The van der Waals surface area contributed by atoms with Crippen LogP contribution in [0.5, 0.6) is 0 Å². The zero-order valence-electron chi connectivity index (χ0n) is 18.8. The molecule has 0 aliphatic carbocycles. The van der Waals surface area contributed by atoms with Gasteiger partial charge in [-0.15, -0.1) is 0 Å². The Labute approximate surface area is 191 Å². The van der Waals surface area contributed by atoms with Crippen LogP contribution in [0.1, 0.15) is 22.8 Å². The molecule has 8 nitrogen and oxygen atoms in total. The van der Waals surface area contributed by atoms with Crippen LogP contribution < -0.4 is 4.90 Å². The molecule has 8 heteroatoms. The number of ether oxygens (including phenoxy) is 2. The first-order valence-corrected chi connectivity index (χ1v) is 10.9. The number of esters is 1. The summed E-state index contributed by atoms with van der Waals surface area (Å²) in [4.78, 5) is 24.3. The average molecular weight is 444 g/mol. The summed E-state index contributed by atoms with van der Waals surface area (Å²) in [6, 6.07) is 11.7. The molecule has 5 rings (SSSR count). The Morgan fingerprint density at radius 2 is 2.15 bits per heavy atom. The number of aromatic amines is 1. The van der Waals surface area contributed by atoms with Crippen molar-refractivity contribution in [3.63, 3.8) is 0 Å². The molecule has 0 spiro atoms. The molecule has 33 heavy (non-hydrogen) atoms. The molecule has 1 N–H and O–H groups in total. The minimum Gasteiger partial charge on any atom is -0.465 e. The molecule has 0 bridgehead atoms. The van der Waals surface area contributed by atoms with Crippen LogP contribution in [-0.2, 0) is 9.47 Å². The fraction of sp³-hybridized carbons (Fsp3) is 0.280. The lowest BCUT2D eigenvalue weighted by Crippen LogP contribution is -2.44. The van der Waals surface area contributed by atoms with Crippen LogP contribution in [0.3, 0.4) is 0 Å². The first kappa shape index (κ1) is 21.1. The van der Waals surface area contributed by atoms with Crippen LogP contribution >= 0.6 is 0 Å². The van der Waals surface area contributed by atoms with Crippen molar-refractivity contribution < 1.29 is 14.3 Å². The van der Waals surface area contributed by atoms with Gasteiger partial charge in [0.25, 0.3) is 0 Å². The van der Waals surface area contributed by atoms with E-state index in [2.05, 4.69) is 28.1 Å². The molecule has 3 aromatic heterocycles. The Morgan fingerprint density at radius 1 is 1.27 bits per heavy atom. The number of nitrogens with zero attached hydrogens (tertiary/aromatic N) is 4. The number of fused-ring (bicyclic) bond motifs is 1. The maximum atomic E-state index is 12.2. The summed E-state index contributed by atoms with van der Waals surface area (Å²) in [5, 5.41) is 8.11. The van der Waals surface area contributed by atoms with Gasteiger partial charge in [-0.25, -0.2) is 9.78 Å². The summed E-state index contributed by atoms with van der Waals surface area (Å²) < 4.78 is 10.6. The number of anilines is 1. The van der Waals surface area contributed by atoms with Crippen LogP contribution in [0.15, 0.2) is 48.8 Å². The second-order valence-corrected chi connectivity index (χ2v) is 8.20. The SMILES string of the molecule is COC(=O)c1cccc(-c2cc(N3CCOCC3C)nc3c(-c4ccn[nH]4)ncc(C)c23)c1. The molecule has 0 saturated carbocycles. The summed E-state index contributed by atoms with van der Waals surface area (Å²) in [6.45, 7) is 6.20. The van der Waals surface area contributed by atoms with Crippen LogP contribution in [0, 0.1) is 6.92 Å². The highest BCUT2D eigenvalue weighted by atomic mass is 16.5. The molecule has 1 aliphatic heterocycles. The van der Waals surface area contributed by atoms with E-state index in [1.54, 1.807) is 12.3 Å². The molecule has 4 aromatic rings. The van der Waals surface area contributed by atoms with Gasteiger partial charge in [-0.1, -0.05) is 12.1 Å². The van der Waals surface area contributed by atoms with Gasteiger partial charge in [-0.2, -0.15) is 5.10 Å². The third-order valence-electron chi connectivity index (χ3n) is 6.02. The summed E-state index contributed by atoms with van der Waals surface area (Å²) in [7, 11) is 1.39. The highest BCUT2D eigenvalue weighted by Crippen LogP contribution is 2.37. The van der Waals surface area contributed by atoms with Gasteiger partial charge in [0.15, 0.2) is 0 Å². The predicted molar refractivity (Wildman–Crippen MR) is 126 cm³/mol. The summed E-state index contributed by atoms with van der Waals surface area (Å²) in [5.74, 6) is 0.485. The number of rotatable bonds is 4. The van der Waals surface area contributed by atoms with Gasteiger partial charge in [-0.3, -0.25) is 10.1 Å². The summed E-state index contributed by atoms with van der Waals surface area (Å²) in [6.07, 6.45) is 3.56. The van der Waals surface area contributed by atoms with Crippen molar-refractivity contribution in [1.82, 2.24) is 20.2 Å². The number of nitrogens with one attached hydrogen (secondary N) is 1. The minimum absolute atomic E-state index is 0.186. The van der Waals surface area contributed by atoms with Gasteiger partial charge in [0.05, 0.1) is 37.6 Å². The second-order valence-electron chi connectivity index (χ2n) is 8.20. The predicted octanol–water partition coefficient (Wildman–Crippen LogP) is 4.01. The van der Waals surface area contributed by atoms with E-state index in [4.69, 9.17) is 19.4 Å².